The first kappa shape index (κ1) is 14.7. The van der Waals surface area contributed by atoms with E-state index >= 15 is 0 Å². The molecule has 4 nitrogen and oxygen atoms in total. The highest BCUT2D eigenvalue weighted by Gasteiger charge is 2.67. The lowest BCUT2D eigenvalue weighted by Crippen LogP contribution is -2.34. The summed E-state index contributed by atoms with van der Waals surface area (Å²) in [6, 6.07) is 8.00. The number of benzene rings is 1. The van der Waals surface area contributed by atoms with Gasteiger partial charge in [-0.05, 0) is 31.9 Å². The fraction of sp³-hybridized carbons (Fsp3) is 0.467. The van der Waals surface area contributed by atoms with E-state index in [0.29, 0.717) is 13.0 Å². The summed E-state index contributed by atoms with van der Waals surface area (Å²) >= 11 is 12.0. The number of rotatable bonds is 5. The molecular weight excluding hydrogens is 309 g/mol. The molecule has 3 rings (SSSR count). The molecule has 1 N–H and O–H groups in total. The molecule has 2 aromatic rings. The van der Waals surface area contributed by atoms with Crippen molar-refractivity contribution in [2.24, 2.45) is 5.41 Å². The van der Waals surface area contributed by atoms with Gasteiger partial charge in [-0.3, -0.25) is 4.79 Å². The van der Waals surface area contributed by atoms with E-state index in [9.17, 15) is 4.79 Å². The van der Waals surface area contributed by atoms with Gasteiger partial charge in [-0.25, -0.2) is 4.98 Å². The Hall–Kier alpha value is -1.26. The summed E-state index contributed by atoms with van der Waals surface area (Å²) in [5, 5.41) is 2.91. The van der Waals surface area contributed by atoms with Crippen molar-refractivity contribution >= 4 is 40.1 Å². The van der Waals surface area contributed by atoms with E-state index in [4.69, 9.17) is 23.2 Å². The average Bonchev–Trinajstić information content (AvgIpc) is 2.82. The van der Waals surface area contributed by atoms with Gasteiger partial charge >= 0.3 is 0 Å². The SMILES string of the molecule is C[C@@]1(C(=O)NCCCn2cnc3ccccc32)CC1(Cl)Cl. The molecule has 1 atom stereocenters. The molecule has 1 aromatic carbocycles. The first-order chi connectivity index (χ1) is 9.94. The number of imidazole rings is 1. The van der Waals surface area contributed by atoms with Gasteiger partial charge in [-0.15, -0.1) is 23.2 Å². The molecule has 0 aliphatic heterocycles. The number of amides is 1. The fourth-order valence-electron chi connectivity index (χ4n) is 2.48. The summed E-state index contributed by atoms with van der Waals surface area (Å²) in [6.07, 6.45) is 3.18. The molecule has 0 radical (unpaired) electrons. The van der Waals surface area contributed by atoms with Crippen LogP contribution in [0.15, 0.2) is 30.6 Å². The molecule has 6 heteroatoms. The summed E-state index contributed by atoms with van der Waals surface area (Å²) in [4.78, 5) is 16.4. The van der Waals surface area contributed by atoms with Crippen LogP contribution in [0.1, 0.15) is 19.8 Å². The van der Waals surface area contributed by atoms with Gasteiger partial charge in [0.15, 0.2) is 0 Å². The van der Waals surface area contributed by atoms with Crippen molar-refractivity contribution in [1.82, 2.24) is 14.9 Å². The lowest BCUT2D eigenvalue weighted by molar-refractivity contribution is -0.125. The van der Waals surface area contributed by atoms with E-state index in [-0.39, 0.29) is 5.91 Å². The van der Waals surface area contributed by atoms with Crippen LogP contribution in [0.5, 0.6) is 0 Å². The largest absolute Gasteiger partial charge is 0.355 e. The standard InChI is InChI=1S/C15H17Cl2N3O/c1-14(9-15(14,16)17)13(21)18-7-4-8-20-10-19-11-5-2-3-6-12(11)20/h2-3,5-6,10H,4,7-9H2,1H3,(H,18,21)/t14-/m0/s1. The number of carbonyl (C=O) groups excluding carboxylic acids is 1. The highest BCUT2D eigenvalue weighted by molar-refractivity contribution is 6.53. The monoisotopic (exact) mass is 325 g/mol. The van der Waals surface area contributed by atoms with Crippen LogP contribution < -0.4 is 5.32 Å². The van der Waals surface area contributed by atoms with E-state index in [1.807, 2.05) is 30.6 Å². The van der Waals surface area contributed by atoms with Crippen LogP contribution in [-0.4, -0.2) is 26.3 Å². The van der Waals surface area contributed by atoms with Crippen LogP contribution in [0.2, 0.25) is 0 Å². The van der Waals surface area contributed by atoms with E-state index < -0.39 is 9.75 Å². The third kappa shape index (κ3) is 2.62. The molecular formula is C15H17Cl2N3O. The Morgan fingerprint density at radius 2 is 2.14 bits per heavy atom. The van der Waals surface area contributed by atoms with Gasteiger partial charge in [0.25, 0.3) is 0 Å². The number of hydrogen-bond acceptors (Lipinski definition) is 2. The third-order valence-corrected chi connectivity index (χ3v) is 5.25. The number of alkyl halides is 2. The van der Waals surface area contributed by atoms with Gasteiger partial charge in [0, 0.05) is 13.1 Å². The number of nitrogens with one attached hydrogen (secondary N) is 1. The Kier molecular flexibility index (Phi) is 3.62. The molecule has 0 saturated heterocycles. The van der Waals surface area contributed by atoms with Gasteiger partial charge < -0.3 is 9.88 Å². The zero-order valence-electron chi connectivity index (χ0n) is 11.8. The topological polar surface area (TPSA) is 46.9 Å². The van der Waals surface area contributed by atoms with Crippen LogP contribution in [-0.2, 0) is 11.3 Å². The van der Waals surface area contributed by atoms with Crippen molar-refractivity contribution in [3.05, 3.63) is 30.6 Å². The van der Waals surface area contributed by atoms with E-state index in [2.05, 4.69) is 14.9 Å². The van der Waals surface area contributed by atoms with Crippen LogP contribution in [0.4, 0.5) is 0 Å². The van der Waals surface area contributed by atoms with Crippen molar-refractivity contribution in [2.75, 3.05) is 6.54 Å². The quantitative estimate of drug-likeness (QED) is 0.678. The second-order valence-electron chi connectivity index (χ2n) is 5.75. The number of aromatic nitrogens is 2. The van der Waals surface area contributed by atoms with Crippen molar-refractivity contribution in [3.8, 4) is 0 Å². The van der Waals surface area contributed by atoms with Gasteiger partial charge in [0.1, 0.15) is 4.33 Å². The smallest absolute Gasteiger partial charge is 0.229 e. The highest BCUT2D eigenvalue weighted by Crippen LogP contribution is 2.63. The second kappa shape index (κ2) is 5.18. The summed E-state index contributed by atoms with van der Waals surface area (Å²) < 4.78 is 1.19. The van der Waals surface area contributed by atoms with Crippen molar-refractivity contribution in [3.63, 3.8) is 0 Å². The molecule has 1 saturated carbocycles. The van der Waals surface area contributed by atoms with Gasteiger partial charge in [-0.1, -0.05) is 12.1 Å². The van der Waals surface area contributed by atoms with Gasteiger partial charge in [-0.2, -0.15) is 0 Å². The normalized spacial score (nSPS) is 23.2. The van der Waals surface area contributed by atoms with Crippen LogP contribution in [0.25, 0.3) is 11.0 Å². The van der Waals surface area contributed by atoms with E-state index in [1.54, 1.807) is 6.92 Å². The number of aryl methyl sites for hydroxylation is 1. The lowest BCUT2D eigenvalue weighted by Gasteiger charge is -2.12. The summed E-state index contributed by atoms with van der Waals surface area (Å²) in [5.74, 6) is -0.0667. The van der Waals surface area contributed by atoms with E-state index in [1.165, 1.54) is 0 Å². The predicted molar refractivity (Wildman–Crippen MR) is 84.5 cm³/mol. The van der Waals surface area contributed by atoms with Crippen LogP contribution in [0.3, 0.4) is 0 Å². The number of fused-ring (bicyclic) bond motifs is 1. The summed E-state index contributed by atoms with van der Waals surface area (Å²) in [5.41, 5.74) is 1.46. The maximum atomic E-state index is 12.0. The van der Waals surface area contributed by atoms with Gasteiger partial charge in [0.2, 0.25) is 5.91 Å². The maximum Gasteiger partial charge on any atom is 0.229 e. The minimum atomic E-state index is -0.905. The Morgan fingerprint density at radius 1 is 1.43 bits per heavy atom. The van der Waals surface area contributed by atoms with E-state index in [0.717, 1.165) is 24.0 Å². The molecule has 1 aromatic heterocycles. The Labute approximate surface area is 133 Å². The molecule has 1 amide bonds. The Bertz CT molecular complexity index is 682. The molecule has 21 heavy (non-hydrogen) atoms. The van der Waals surface area contributed by atoms with Crippen molar-refractivity contribution < 1.29 is 4.79 Å². The fourth-order valence-corrected chi connectivity index (χ4v) is 3.19. The van der Waals surface area contributed by atoms with Crippen molar-refractivity contribution in [2.45, 2.75) is 30.6 Å². The summed E-state index contributed by atoms with van der Waals surface area (Å²) in [7, 11) is 0. The lowest BCUT2D eigenvalue weighted by atomic mass is 10.1. The molecule has 112 valence electrons. The minimum Gasteiger partial charge on any atom is -0.355 e. The number of carbonyl (C=O) groups is 1. The zero-order chi connectivity index (χ0) is 15.1. The molecule has 1 heterocycles. The third-order valence-electron chi connectivity index (χ3n) is 4.15. The Morgan fingerprint density at radius 3 is 2.86 bits per heavy atom. The molecule has 0 unspecified atom stereocenters. The summed E-state index contributed by atoms with van der Waals surface area (Å²) in [6.45, 7) is 3.21. The number of para-hydroxylation sites is 2. The molecule has 1 aliphatic carbocycles. The zero-order valence-corrected chi connectivity index (χ0v) is 13.3. The Balaban J connectivity index is 1.50. The minimum absolute atomic E-state index is 0.0667. The first-order valence-electron chi connectivity index (χ1n) is 7.00. The number of halogens is 2. The number of hydrogen-bond donors (Lipinski definition) is 1. The second-order valence-corrected chi connectivity index (χ2v) is 7.23. The van der Waals surface area contributed by atoms with Crippen LogP contribution in [0, 0.1) is 5.41 Å². The number of nitrogens with zero attached hydrogens (tertiary/aromatic N) is 2. The maximum absolute atomic E-state index is 12.0. The average molecular weight is 326 g/mol. The molecule has 0 spiro atoms. The van der Waals surface area contributed by atoms with Crippen LogP contribution >= 0.6 is 23.2 Å². The van der Waals surface area contributed by atoms with Gasteiger partial charge in [0.05, 0.1) is 22.8 Å². The highest BCUT2D eigenvalue weighted by atomic mass is 35.5. The molecule has 0 bridgehead atoms. The molecule has 1 aliphatic rings. The first-order valence-corrected chi connectivity index (χ1v) is 7.76. The molecule has 1 fully saturated rings. The van der Waals surface area contributed by atoms with Crippen molar-refractivity contribution in [1.29, 1.82) is 0 Å². The predicted octanol–water partition coefficient (Wildman–Crippen LogP) is 3.13.